The zero-order chi connectivity index (χ0) is 12.2. The highest BCUT2D eigenvalue weighted by atomic mass is 35.5. The lowest BCUT2D eigenvalue weighted by Crippen LogP contribution is -2.36. The van der Waals surface area contributed by atoms with Gasteiger partial charge in [-0.1, -0.05) is 24.6 Å². The van der Waals surface area contributed by atoms with E-state index >= 15 is 0 Å². The van der Waals surface area contributed by atoms with Crippen molar-refractivity contribution < 1.29 is 9.50 Å². The Morgan fingerprint density at radius 3 is 2.75 bits per heavy atom. The molecule has 1 rings (SSSR count). The molecule has 1 atom stereocenters. The van der Waals surface area contributed by atoms with Gasteiger partial charge in [-0.2, -0.15) is 0 Å². The molecular weight excluding hydrogens is 229 g/mol. The van der Waals surface area contributed by atoms with Crippen LogP contribution in [-0.2, 0) is 6.54 Å². The van der Waals surface area contributed by atoms with Crippen LogP contribution >= 0.6 is 11.6 Å². The standard InChI is InChI=1S/C12H17ClFNO/c1-3-12(2,16)8-15-7-9-4-5-11(14)10(13)6-9/h4-6,15-16H,3,7-8H2,1-2H3. The second-order valence-electron chi connectivity index (χ2n) is 4.20. The SMILES string of the molecule is CCC(C)(O)CNCc1ccc(F)c(Cl)c1. The third-order valence-corrected chi connectivity index (χ3v) is 2.87. The molecule has 16 heavy (non-hydrogen) atoms. The predicted octanol–water partition coefficient (Wildman–Crippen LogP) is 2.73. The number of aliphatic hydroxyl groups is 1. The largest absolute Gasteiger partial charge is 0.389 e. The van der Waals surface area contributed by atoms with E-state index in [1.165, 1.54) is 6.07 Å². The fraction of sp³-hybridized carbons (Fsp3) is 0.500. The molecule has 0 aliphatic carbocycles. The first kappa shape index (κ1) is 13.4. The number of benzene rings is 1. The van der Waals surface area contributed by atoms with Crippen LogP contribution in [0, 0.1) is 5.82 Å². The van der Waals surface area contributed by atoms with E-state index in [1.807, 2.05) is 6.92 Å². The van der Waals surface area contributed by atoms with Gasteiger partial charge in [-0.25, -0.2) is 4.39 Å². The number of hydrogen-bond acceptors (Lipinski definition) is 2. The predicted molar refractivity (Wildman–Crippen MR) is 64.0 cm³/mol. The summed E-state index contributed by atoms with van der Waals surface area (Å²) >= 11 is 5.66. The molecule has 4 heteroatoms. The van der Waals surface area contributed by atoms with Gasteiger partial charge in [0.15, 0.2) is 0 Å². The summed E-state index contributed by atoms with van der Waals surface area (Å²) in [6, 6.07) is 4.61. The van der Waals surface area contributed by atoms with Gasteiger partial charge in [0.2, 0.25) is 0 Å². The van der Waals surface area contributed by atoms with Crippen LogP contribution in [0.25, 0.3) is 0 Å². The normalized spacial score (nSPS) is 14.8. The Hall–Kier alpha value is -0.640. The van der Waals surface area contributed by atoms with E-state index in [9.17, 15) is 9.50 Å². The Labute approximate surface area is 100 Å². The van der Waals surface area contributed by atoms with Crippen molar-refractivity contribution in [3.8, 4) is 0 Å². The molecule has 0 radical (unpaired) electrons. The van der Waals surface area contributed by atoms with Crippen molar-refractivity contribution in [1.29, 1.82) is 0 Å². The minimum atomic E-state index is -0.705. The lowest BCUT2D eigenvalue weighted by atomic mass is 10.0. The molecule has 0 amide bonds. The lowest BCUT2D eigenvalue weighted by Gasteiger charge is -2.21. The van der Waals surface area contributed by atoms with Crippen LogP contribution in [0.2, 0.25) is 5.02 Å². The molecule has 0 fully saturated rings. The molecule has 1 aromatic carbocycles. The molecule has 2 N–H and O–H groups in total. The highest BCUT2D eigenvalue weighted by Crippen LogP contribution is 2.16. The fourth-order valence-corrected chi connectivity index (χ4v) is 1.45. The second kappa shape index (κ2) is 5.62. The molecule has 0 saturated carbocycles. The van der Waals surface area contributed by atoms with Crippen molar-refractivity contribution in [3.05, 3.63) is 34.6 Å². The maximum Gasteiger partial charge on any atom is 0.141 e. The summed E-state index contributed by atoms with van der Waals surface area (Å²) in [5.41, 5.74) is 0.197. The van der Waals surface area contributed by atoms with Gasteiger partial charge in [0.1, 0.15) is 5.82 Å². The molecule has 2 nitrogen and oxygen atoms in total. The van der Waals surface area contributed by atoms with Gasteiger partial charge < -0.3 is 10.4 Å². The molecule has 0 aliphatic heterocycles. The van der Waals surface area contributed by atoms with Crippen molar-refractivity contribution in [2.75, 3.05) is 6.54 Å². The lowest BCUT2D eigenvalue weighted by molar-refractivity contribution is 0.0555. The Bertz CT molecular complexity index is 355. The quantitative estimate of drug-likeness (QED) is 0.836. The van der Waals surface area contributed by atoms with Crippen molar-refractivity contribution in [3.63, 3.8) is 0 Å². The van der Waals surface area contributed by atoms with Gasteiger partial charge in [0.05, 0.1) is 10.6 Å². The average Bonchev–Trinajstić information content (AvgIpc) is 2.23. The van der Waals surface area contributed by atoms with Gasteiger partial charge in [-0.05, 0) is 31.0 Å². The molecule has 1 aromatic rings. The number of nitrogens with one attached hydrogen (secondary N) is 1. The molecular formula is C12H17ClFNO. The first-order valence-corrected chi connectivity index (χ1v) is 5.69. The van der Waals surface area contributed by atoms with Crippen LogP contribution in [0.3, 0.4) is 0 Å². The van der Waals surface area contributed by atoms with E-state index in [0.29, 0.717) is 19.5 Å². The van der Waals surface area contributed by atoms with E-state index in [0.717, 1.165) is 5.56 Å². The summed E-state index contributed by atoms with van der Waals surface area (Å²) < 4.78 is 12.9. The van der Waals surface area contributed by atoms with Gasteiger partial charge in [0, 0.05) is 13.1 Å². The minimum Gasteiger partial charge on any atom is -0.389 e. The minimum absolute atomic E-state index is 0.126. The van der Waals surface area contributed by atoms with Gasteiger partial charge >= 0.3 is 0 Å². The molecule has 0 bridgehead atoms. The average molecular weight is 246 g/mol. The first-order chi connectivity index (χ1) is 7.44. The number of halogens is 2. The smallest absolute Gasteiger partial charge is 0.141 e. The van der Waals surface area contributed by atoms with E-state index in [4.69, 9.17) is 11.6 Å². The van der Waals surface area contributed by atoms with Gasteiger partial charge in [-0.3, -0.25) is 0 Å². The van der Waals surface area contributed by atoms with Crippen molar-refractivity contribution >= 4 is 11.6 Å². The fourth-order valence-electron chi connectivity index (χ4n) is 1.25. The second-order valence-corrected chi connectivity index (χ2v) is 4.61. The highest BCUT2D eigenvalue weighted by molar-refractivity contribution is 6.30. The summed E-state index contributed by atoms with van der Waals surface area (Å²) in [4.78, 5) is 0. The Morgan fingerprint density at radius 1 is 1.50 bits per heavy atom. The maximum absolute atomic E-state index is 12.9. The number of rotatable bonds is 5. The molecule has 0 heterocycles. The summed E-state index contributed by atoms with van der Waals surface area (Å²) in [7, 11) is 0. The summed E-state index contributed by atoms with van der Waals surface area (Å²) in [5.74, 6) is -0.411. The molecule has 0 aliphatic rings. The van der Waals surface area contributed by atoms with Crippen LogP contribution in [-0.4, -0.2) is 17.3 Å². The van der Waals surface area contributed by atoms with E-state index in [2.05, 4.69) is 5.32 Å². The number of hydrogen-bond donors (Lipinski definition) is 2. The van der Waals surface area contributed by atoms with E-state index in [-0.39, 0.29) is 5.02 Å². The summed E-state index contributed by atoms with van der Waals surface area (Å²) in [6.45, 7) is 4.77. The van der Waals surface area contributed by atoms with Crippen LogP contribution in [0.15, 0.2) is 18.2 Å². The van der Waals surface area contributed by atoms with Crippen LogP contribution < -0.4 is 5.32 Å². The third kappa shape index (κ3) is 4.08. The Balaban J connectivity index is 2.46. The topological polar surface area (TPSA) is 32.3 Å². The molecule has 1 unspecified atom stereocenters. The first-order valence-electron chi connectivity index (χ1n) is 5.31. The molecule has 0 aromatic heterocycles. The highest BCUT2D eigenvalue weighted by Gasteiger charge is 2.16. The van der Waals surface area contributed by atoms with Crippen LogP contribution in [0.5, 0.6) is 0 Å². The van der Waals surface area contributed by atoms with Gasteiger partial charge in [-0.15, -0.1) is 0 Å². The summed E-state index contributed by atoms with van der Waals surface area (Å²) in [5, 5.41) is 13.0. The van der Waals surface area contributed by atoms with Crippen LogP contribution in [0.4, 0.5) is 4.39 Å². The van der Waals surface area contributed by atoms with Gasteiger partial charge in [0.25, 0.3) is 0 Å². The molecule has 0 spiro atoms. The molecule has 0 saturated heterocycles. The monoisotopic (exact) mass is 245 g/mol. The Morgan fingerprint density at radius 2 is 2.19 bits per heavy atom. The van der Waals surface area contributed by atoms with Crippen molar-refractivity contribution in [2.24, 2.45) is 0 Å². The third-order valence-electron chi connectivity index (χ3n) is 2.58. The maximum atomic E-state index is 12.9. The Kier molecular flexibility index (Phi) is 4.71. The zero-order valence-corrected chi connectivity index (χ0v) is 10.3. The zero-order valence-electron chi connectivity index (χ0n) is 9.56. The molecule has 90 valence electrons. The van der Waals surface area contributed by atoms with E-state index in [1.54, 1.807) is 19.1 Å². The summed E-state index contributed by atoms with van der Waals surface area (Å²) in [6.07, 6.45) is 0.685. The van der Waals surface area contributed by atoms with Crippen LogP contribution in [0.1, 0.15) is 25.8 Å². The van der Waals surface area contributed by atoms with Crippen molar-refractivity contribution in [2.45, 2.75) is 32.4 Å². The van der Waals surface area contributed by atoms with Crippen molar-refractivity contribution in [1.82, 2.24) is 5.32 Å². The van der Waals surface area contributed by atoms with E-state index < -0.39 is 11.4 Å².